The van der Waals surface area contributed by atoms with Crippen LogP contribution in [0.2, 0.25) is 0 Å². The van der Waals surface area contributed by atoms with Crippen LogP contribution in [0.15, 0.2) is 72.8 Å². The molecule has 4 rings (SSSR count). The molecule has 0 fully saturated rings. The number of carbonyl (C=O) groups is 3. The minimum absolute atomic E-state index is 0.0925. The second-order valence-corrected chi connectivity index (χ2v) is 7.05. The third-order valence-corrected chi connectivity index (χ3v) is 5.12. The fourth-order valence-corrected chi connectivity index (χ4v) is 3.52. The first-order valence-electron chi connectivity index (χ1n) is 9.64. The maximum atomic E-state index is 13.8. The minimum atomic E-state index is -0.582. The number of hydrogen-bond acceptors (Lipinski definition) is 5. The van der Waals surface area contributed by atoms with E-state index in [0.29, 0.717) is 0 Å². The zero-order valence-electron chi connectivity index (χ0n) is 16.6. The van der Waals surface area contributed by atoms with E-state index in [2.05, 4.69) is 0 Å². The van der Waals surface area contributed by atoms with Crippen molar-refractivity contribution < 1.29 is 23.7 Å². The number of fused-ring (bicyclic) bond motifs is 1. The van der Waals surface area contributed by atoms with Gasteiger partial charge in [0.1, 0.15) is 5.82 Å². The number of nitro benzene ring substituents is 1. The number of carbonyl (C=O) groups excluding carboxylic acids is 3. The van der Waals surface area contributed by atoms with Crippen LogP contribution in [0.4, 0.5) is 15.8 Å². The molecule has 3 amide bonds. The molecule has 0 spiro atoms. The summed E-state index contributed by atoms with van der Waals surface area (Å²) in [5, 5.41) is 10.9. The molecule has 0 saturated carbocycles. The monoisotopic (exact) mass is 433 g/mol. The van der Waals surface area contributed by atoms with Crippen LogP contribution in [-0.2, 0) is 0 Å². The lowest BCUT2D eigenvalue weighted by Gasteiger charge is -2.25. The Morgan fingerprint density at radius 3 is 2.12 bits per heavy atom. The van der Waals surface area contributed by atoms with Gasteiger partial charge in [0, 0.05) is 36.5 Å². The molecule has 0 N–H and O–H groups in total. The van der Waals surface area contributed by atoms with Crippen LogP contribution < -0.4 is 4.90 Å². The van der Waals surface area contributed by atoms with E-state index in [9.17, 15) is 28.9 Å². The Bertz CT molecular complexity index is 1210. The Kier molecular flexibility index (Phi) is 5.46. The van der Waals surface area contributed by atoms with Gasteiger partial charge in [0.15, 0.2) is 0 Å². The van der Waals surface area contributed by atoms with Gasteiger partial charge in [-0.3, -0.25) is 29.4 Å². The average molecular weight is 433 g/mol. The van der Waals surface area contributed by atoms with E-state index < -0.39 is 28.5 Å². The number of nitrogens with zero attached hydrogens (tertiary/aromatic N) is 3. The summed E-state index contributed by atoms with van der Waals surface area (Å²) in [7, 11) is 0. The molecule has 0 radical (unpaired) electrons. The van der Waals surface area contributed by atoms with E-state index in [1.54, 1.807) is 24.3 Å². The van der Waals surface area contributed by atoms with Crippen molar-refractivity contribution >= 4 is 29.1 Å². The Morgan fingerprint density at radius 2 is 1.56 bits per heavy atom. The number of benzene rings is 3. The summed E-state index contributed by atoms with van der Waals surface area (Å²) in [5.41, 5.74) is 0.769. The zero-order chi connectivity index (χ0) is 22.8. The molecule has 160 valence electrons. The van der Waals surface area contributed by atoms with Crippen LogP contribution >= 0.6 is 0 Å². The molecule has 8 nitrogen and oxygen atoms in total. The van der Waals surface area contributed by atoms with E-state index in [0.717, 1.165) is 11.0 Å². The van der Waals surface area contributed by atoms with Gasteiger partial charge in [0.25, 0.3) is 23.4 Å². The van der Waals surface area contributed by atoms with E-state index in [1.807, 2.05) is 0 Å². The molecule has 1 aliphatic rings. The number of imide groups is 1. The summed E-state index contributed by atoms with van der Waals surface area (Å²) in [5.74, 6) is -2.05. The first-order valence-corrected chi connectivity index (χ1v) is 9.64. The smallest absolute Gasteiger partial charge is 0.269 e. The fraction of sp³-hybridized carbons (Fsp3) is 0.0870. The second kappa shape index (κ2) is 8.38. The highest BCUT2D eigenvalue weighted by Gasteiger charge is 2.35. The van der Waals surface area contributed by atoms with Gasteiger partial charge >= 0.3 is 0 Å². The Labute approximate surface area is 181 Å². The lowest BCUT2D eigenvalue weighted by atomic mass is 10.1. The molecule has 0 atom stereocenters. The summed E-state index contributed by atoms with van der Waals surface area (Å²) in [6.07, 6.45) is 0. The van der Waals surface area contributed by atoms with Gasteiger partial charge in [-0.15, -0.1) is 0 Å². The lowest BCUT2D eigenvalue weighted by Crippen LogP contribution is -2.41. The van der Waals surface area contributed by atoms with Crippen molar-refractivity contribution in [3.05, 3.63) is 105 Å². The molecule has 0 saturated heterocycles. The highest BCUT2D eigenvalue weighted by Crippen LogP contribution is 2.24. The molecule has 3 aromatic carbocycles. The molecule has 1 heterocycles. The van der Waals surface area contributed by atoms with E-state index in [4.69, 9.17) is 0 Å². The van der Waals surface area contributed by atoms with E-state index in [1.165, 1.54) is 47.4 Å². The summed E-state index contributed by atoms with van der Waals surface area (Å²) >= 11 is 0. The first-order chi connectivity index (χ1) is 15.4. The number of rotatable bonds is 6. The van der Waals surface area contributed by atoms with E-state index in [-0.39, 0.29) is 41.2 Å². The van der Waals surface area contributed by atoms with Gasteiger partial charge in [-0.05, 0) is 42.5 Å². The zero-order valence-corrected chi connectivity index (χ0v) is 16.6. The van der Waals surface area contributed by atoms with Gasteiger partial charge in [-0.1, -0.05) is 18.2 Å². The van der Waals surface area contributed by atoms with Crippen molar-refractivity contribution in [2.75, 3.05) is 18.0 Å². The molecule has 9 heteroatoms. The highest BCUT2D eigenvalue weighted by atomic mass is 19.1. The van der Waals surface area contributed by atoms with Gasteiger partial charge in [0.05, 0.1) is 16.1 Å². The summed E-state index contributed by atoms with van der Waals surface area (Å²) in [4.78, 5) is 51.0. The van der Waals surface area contributed by atoms with Crippen LogP contribution in [0.3, 0.4) is 0 Å². The Balaban J connectivity index is 1.61. The summed E-state index contributed by atoms with van der Waals surface area (Å²) in [6, 6.07) is 16.8. The normalized spacial score (nSPS) is 12.6. The molecule has 32 heavy (non-hydrogen) atoms. The summed E-state index contributed by atoms with van der Waals surface area (Å²) in [6.45, 7) is -0.202. The SMILES string of the molecule is O=C1c2ccccc2C(=O)N1CCN(C(=O)c1ccc([N+](=O)[O-])cc1)c1cccc(F)c1. The van der Waals surface area contributed by atoms with E-state index >= 15 is 0 Å². The van der Waals surface area contributed by atoms with Gasteiger partial charge < -0.3 is 4.90 Å². The van der Waals surface area contributed by atoms with Gasteiger partial charge in [0.2, 0.25) is 0 Å². The fourth-order valence-electron chi connectivity index (χ4n) is 3.52. The molecule has 0 bridgehead atoms. The maximum absolute atomic E-state index is 13.8. The minimum Gasteiger partial charge on any atom is -0.306 e. The molecule has 0 aromatic heterocycles. The van der Waals surface area contributed by atoms with Crippen LogP contribution in [0.5, 0.6) is 0 Å². The van der Waals surface area contributed by atoms with Gasteiger partial charge in [-0.25, -0.2) is 4.39 Å². The molecule has 1 aliphatic heterocycles. The Hall–Kier alpha value is -4.40. The van der Waals surface area contributed by atoms with Crippen molar-refractivity contribution in [3.63, 3.8) is 0 Å². The highest BCUT2D eigenvalue weighted by molar-refractivity contribution is 6.21. The van der Waals surface area contributed by atoms with Crippen molar-refractivity contribution in [2.45, 2.75) is 0 Å². The first kappa shape index (κ1) is 20.9. The maximum Gasteiger partial charge on any atom is 0.269 e. The number of halogens is 1. The predicted octanol–water partition coefficient (Wildman–Crippen LogP) is 3.68. The third-order valence-electron chi connectivity index (χ3n) is 5.12. The number of non-ortho nitro benzene ring substituents is 1. The van der Waals surface area contributed by atoms with Crippen LogP contribution in [-0.4, -0.2) is 40.6 Å². The van der Waals surface area contributed by atoms with Crippen LogP contribution in [0, 0.1) is 15.9 Å². The van der Waals surface area contributed by atoms with Crippen molar-refractivity contribution in [3.8, 4) is 0 Å². The van der Waals surface area contributed by atoms with Crippen molar-refractivity contribution in [1.29, 1.82) is 0 Å². The molecular weight excluding hydrogens is 417 g/mol. The standard InChI is InChI=1S/C23H16FN3O5/c24-16-4-3-5-18(14-16)25(21(28)15-8-10-17(11-9-15)27(31)32)12-13-26-22(29)19-6-1-2-7-20(19)23(26)30/h1-11,14H,12-13H2. The van der Waals surface area contributed by atoms with Crippen molar-refractivity contribution in [1.82, 2.24) is 4.90 Å². The second-order valence-electron chi connectivity index (χ2n) is 7.05. The third kappa shape index (κ3) is 3.83. The van der Waals surface area contributed by atoms with Crippen LogP contribution in [0.25, 0.3) is 0 Å². The van der Waals surface area contributed by atoms with Crippen LogP contribution in [0.1, 0.15) is 31.1 Å². The number of anilines is 1. The molecule has 3 aromatic rings. The summed E-state index contributed by atoms with van der Waals surface area (Å²) < 4.78 is 13.8. The Morgan fingerprint density at radius 1 is 0.938 bits per heavy atom. The topological polar surface area (TPSA) is 101 Å². The van der Waals surface area contributed by atoms with Gasteiger partial charge in [-0.2, -0.15) is 0 Å². The average Bonchev–Trinajstić information content (AvgIpc) is 3.04. The number of hydrogen-bond donors (Lipinski definition) is 0. The van der Waals surface area contributed by atoms with Crippen molar-refractivity contribution in [2.24, 2.45) is 0 Å². The predicted molar refractivity (Wildman–Crippen MR) is 113 cm³/mol. The largest absolute Gasteiger partial charge is 0.306 e. The molecule has 0 aliphatic carbocycles. The lowest BCUT2D eigenvalue weighted by molar-refractivity contribution is -0.384. The quantitative estimate of drug-likeness (QED) is 0.335. The molecule has 0 unspecified atom stereocenters. The number of nitro groups is 1. The number of amides is 3. The molecular formula is C23H16FN3O5.